The molecule has 2 heterocycles. The van der Waals surface area contributed by atoms with E-state index in [2.05, 4.69) is 10.2 Å². The number of nitrogen functional groups attached to an aromatic ring is 1. The molecule has 0 atom stereocenters. The molecule has 102 valence electrons. The van der Waals surface area contributed by atoms with Crippen molar-refractivity contribution in [1.82, 2.24) is 9.78 Å². The Morgan fingerprint density at radius 3 is 2.85 bits per heavy atom. The van der Waals surface area contributed by atoms with Crippen LogP contribution in [0.3, 0.4) is 0 Å². The van der Waals surface area contributed by atoms with Crippen molar-refractivity contribution < 1.29 is 4.79 Å². The number of halogens is 1. The third kappa shape index (κ3) is 2.14. The second-order valence-electron chi connectivity index (χ2n) is 4.53. The van der Waals surface area contributed by atoms with Gasteiger partial charge in [0.1, 0.15) is 0 Å². The first-order chi connectivity index (χ1) is 9.54. The molecule has 0 fully saturated rings. The zero-order valence-corrected chi connectivity index (χ0v) is 11.5. The van der Waals surface area contributed by atoms with Gasteiger partial charge in [0.05, 0.1) is 29.7 Å². The van der Waals surface area contributed by atoms with E-state index in [9.17, 15) is 4.79 Å². The molecule has 0 saturated carbocycles. The van der Waals surface area contributed by atoms with Crippen LogP contribution < -0.4 is 10.7 Å². The van der Waals surface area contributed by atoms with E-state index in [0.717, 1.165) is 5.56 Å². The summed E-state index contributed by atoms with van der Waals surface area (Å²) < 4.78 is 1.67. The summed E-state index contributed by atoms with van der Waals surface area (Å²) in [7, 11) is 1.82. The number of anilines is 2. The molecule has 2 N–H and O–H groups in total. The number of carbonyl (C=O) groups excluding carboxylic acids is 1. The third-order valence-electron chi connectivity index (χ3n) is 3.03. The van der Waals surface area contributed by atoms with Crippen molar-refractivity contribution in [3.05, 3.63) is 41.2 Å². The average molecular weight is 290 g/mol. The fourth-order valence-electron chi connectivity index (χ4n) is 2.07. The van der Waals surface area contributed by atoms with Crippen LogP contribution in [-0.4, -0.2) is 21.4 Å². The number of rotatable bonds is 2. The van der Waals surface area contributed by atoms with Gasteiger partial charge in [0.15, 0.2) is 0 Å². The Bertz CT molecular complexity index is 721. The van der Waals surface area contributed by atoms with Crippen LogP contribution in [0.15, 0.2) is 35.7 Å². The largest absolute Gasteiger partial charge is 0.397 e. The monoisotopic (exact) mass is 289 g/mol. The second kappa shape index (κ2) is 4.64. The molecule has 1 aromatic heterocycles. The maximum Gasteiger partial charge on any atom is 0.253 e. The van der Waals surface area contributed by atoms with Crippen LogP contribution in [0, 0.1) is 0 Å². The molecule has 7 heteroatoms. The molecule has 20 heavy (non-hydrogen) atoms. The van der Waals surface area contributed by atoms with E-state index >= 15 is 0 Å². The lowest BCUT2D eigenvalue weighted by Crippen LogP contribution is -2.20. The van der Waals surface area contributed by atoms with Crippen LogP contribution in [-0.2, 0) is 11.8 Å². The lowest BCUT2D eigenvalue weighted by Gasteiger charge is -2.14. The normalized spacial score (nSPS) is 14.8. The Balaban J connectivity index is 1.98. The van der Waals surface area contributed by atoms with Gasteiger partial charge in [-0.25, -0.2) is 0 Å². The lowest BCUT2D eigenvalue weighted by atomic mass is 10.1. The molecule has 0 aliphatic carbocycles. The van der Waals surface area contributed by atoms with Gasteiger partial charge in [-0.2, -0.15) is 15.2 Å². The van der Waals surface area contributed by atoms with Gasteiger partial charge in [-0.15, -0.1) is 0 Å². The minimum atomic E-state index is -0.127. The first-order valence-corrected chi connectivity index (χ1v) is 6.37. The highest BCUT2D eigenvalue weighted by Gasteiger charge is 2.27. The van der Waals surface area contributed by atoms with Crippen molar-refractivity contribution in [2.75, 3.05) is 10.7 Å². The van der Waals surface area contributed by atoms with E-state index in [1.165, 1.54) is 5.01 Å². The molecule has 1 aromatic carbocycles. The number of aryl methyl sites for hydroxylation is 1. The van der Waals surface area contributed by atoms with Gasteiger partial charge in [-0.05, 0) is 18.2 Å². The zero-order valence-electron chi connectivity index (χ0n) is 10.7. The fraction of sp³-hybridized carbons (Fsp3) is 0.154. The van der Waals surface area contributed by atoms with Crippen LogP contribution >= 0.6 is 11.6 Å². The SMILES string of the molecule is Cn1cc(C2=NN(c3ccc(Cl)cc3N)C(=O)C2)cn1. The third-order valence-corrected chi connectivity index (χ3v) is 3.27. The van der Waals surface area contributed by atoms with Gasteiger partial charge in [-0.3, -0.25) is 9.48 Å². The summed E-state index contributed by atoms with van der Waals surface area (Å²) in [6.07, 6.45) is 3.73. The Hall–Kier alpha value is -2.34. The van der Waals surface area contributed by atoms with Gasteiger partial charge >= 0.3 is 0 Å². The minimum absolute atomic E-state index is 0.127. The summed E-state index contributed by atoms with van der Waals surface area (Å²) in [6, 6.07) is 4.96. The summed E-state index contributed by atoms with van der Waals surface area (Å²) in [5, 5.41) is 10.3. The van der Waals surface area contributed by atoms with E-state index in [1.807, 2.05) is 13.2 Å². The molecule has 0 radical (unpaired) electrons. The number of hydrogen-bond donors (Lipinski definition) is 1. The van der Waals surface area contributed by atoms with Crippen molar-refractivity contribution in [2.45, 2.75) is 6.42 Å². The van der Waals surface area contributed by atoms with Crippen LogP contribution in [0.1, 0.15) is 12.0 Å². The van der Waals surface area contributed by atoms with Gasteiger partial charge in [0.2, 0.25) is 0 Å². The molecule has 6 nitrogen and oxygen atoms in total. The number of hydrazone groups is 1. The highest BCUT2D eigenvalue weighted by atomic mass is 35.5. The molecular formula is C13H12ClN5O. The first kappa shape index (κ1) is 12.7. The second-order valence-corrected chi connectivity index (χ2v) is 4.97. The topological polar surface area (TPSA) is 76.5 Å². The predicted octanol–water partition coefficient (Wildman–Crippen LogP) is 1.80. The lowest BCUT2D eigenvalue weighted by molar-refractivity contribution is -0.116. The van der Waals surface area contributed by atoms with Crippen molar-refractivity contribution in [1.29, 1.82) is 0 Å². The van der Waals surface area contributed by atoms with E-state index in [0.29, 0.717) is 22.1 Å². The number of carbonyl (C=O) groups is 1. The number of nitrogens with two attached hydrogens (primary N) is 1. The summed E-state index contributed by atoms with van der Waals surface area (Å²) in [6.45, 7) is 0. The smallest absolute Gasteiger partial charge is 0.253 e. The first-order valence-electron chi connectivity index (χ1n) is 5.99. The fourth-order valence-corrected chi connectivity index (χ4v) is 2.25. The Morgan fingerprint density at radius 1 is 1.40 bits per heavy atom. The Labute approximate surface area is 120 Å². The molecule has 3 rings (SSSR count). The van der Waals surface area contributed by atoms with Gasteiger partial charge < -0.3 is 5.73 Å². The summed E-state index contributed by atoms with van der Waals surface area (Å²) >= 11 is 5.86. The quantitative estimate of drug-likeness (QED) is 0.856. The summed E-state index contributed by atoms with van der Waals surface area (Å²) in [4.78, 5) is 12.1. The summed E-state index contributed by atoms with van der Waals surface area (Å²) in [5.41, 5.74) is 8.35. The molecule has 0 unspecified atom stereocenters. The van der Waals surface area contributed by atoms with Crippen LogP contribution in [0.4, 0.5) is 11.4 Å². The van der Waals surface area contributed by atoms with Crippen molar-refractivity contribution in [3.63, 3.8) is 0 Å². The molecule has 1 aliphatic rings. The van der Waals surface area contributed by atoms with Gasteiger partial charge in [0, 0.05) is 23.8 Å². The van der Waals surface area contributed by atoms with Crippen LogP contribution in [0.5, 0.6) is 0 Å². The van der Waals surface area contributed by atoms with E-state index < -0.39 is 0 Å². The number of nitrogens with zero attached hydrogens (tertiary/aromatic N) is 4. The van der Waals surface area contributed by atoms with Crippen molar-refractivity contribution in [3.8, 4) is 0 Å². The molecule has 1 aliphatic heterocycles. The average Bonchev–Trinajstić information content (AvgIpc) is 2.96. The summed E-state index contributed by atoms with van der Waals surface area (Å²) in [5.74, 6) is -0.127. The van der Waals surface area contributed by atoms with E-state index in [-0.39, 0.29) is 12.3 Å². The standard InChI is InChI=1S/C13H12ClN5O/c1-18-7-8(6-16-18)11-5-13(20)19(17-11)12-3-2-9(14)4-10(12)15/h2-4,6-7H,5,15H2,1H3. The minimum Gasteiger partial charge on any atom is -0.397 e. The van der Waals surface area contributed by atoms with Crippen molar-refractivity contribution >= 4 is 34.6 Å². The number of amides is 1. The molecule has 0 bridgehead atoms. The van der Waals surface area contributed by atoms with Gasteiger partial charge in [0.25, 0.3) is 5.91 Å². The predicted molar refractivity (Wildman–Crippen MR) is 77.7 cm³/mol. The van der Waals surface area contributed by atoms with Crippen LogP contribution in [0.25, 0.3) is 0 Å². The maximum atomic E-state index is 12.1. The van der Waals surface area contributed by atoms with Crippen molar-refractivity contribution in [2.24, 2.45) is 12.1 Å². The highest BCUT2D eigenvalue weighted by molar-refractivity contribution is 6.31. The Kier molecular flexibility index (Phi) is 2.94. The molecular weight excluding hydrogens is 278 g/mol. The zero-order chi connectivity index (χ0) is 14.3. The molecule has 0 saturated heterocycles. The molecule has 0 spiro atoms. The number of benzene rings is 1. The Morgan fingerprint density at radius 2 is 2.20 bits per heavy atom. The van der Waals surface area contributed by atoms with E-state index in [1.54, 1.807) is 29.1 Å². The molecule has 1 amide bonds. The van der Waals surface area contributed by atoms with Crippen LogP contribution in [0.2, 0.25) is 5.02 Å². The van der Waals surface area contributed by atoms with Gasteiger partial charge in [-0.1, -0.05) is 11.6 Å². The number of aromatic nitrogens is 2. The van der Waals surface area contributed by atoms with E-state index in [4.69, 9.17) is 17.3 Å². The molecule has 2 aromatic rings. The maximum absolute atomic E-state index is 12.1. The number of hydrogen-bond acceptors (Lipinski definition) is 4. The highest BCUT2D eigenvalue weighted by Crippen LogP contribution is 2.30.